The largest absolute Gasteiger partial charge is 0.495 e. The molecular formula is C11H12ClNO3. The summed E-state index contributed by atoms with van der Waals surface area (Å²) in [6.45, 7) is 0.656. The maximum absolute atomic E-state index is 10.1. The number of rotatable bonds is 5. The molecule has 1 rings (SSSR count). The molecule has 16 heavy (non-hydrogen) atoms. The van der Waals surface area contributed by atoms with Crippen molar-refractivity contribution >= 4 is 17.7 Å². The van der Waals surface area contributed by atoms with E-state index in [9.17, 15) is 4.79 Å². The van der Waals surface area contributed by atoms with Crippen molar-refractivity contribution in [2.45, 2.75) is 13.2 Å². The molecule has 0 bridgehead atoms. The van der Waals surface area contributed by atoms with Crippen LogP contribution in [0.3, 0.4) is 0 Å². The van der Waals surface area contributed by atoms with Crippen LogP contribution in [0.1, 0.15) is 11.1 Å². The fourth-order valence-electron chi connectivity index (χ4n) is 1.35. The first-order valence-corrected chi connectivity index (χ1v) is 4.98. The highest BCUT2D eigenvalue weighted by Gasteiger charge is 2.08. The van der Waals surface area contributed by atoms with Crippen LogP contribution >= 0.6 is 11.6 Å². The molecule has 0 fully saturated rings. The van der Waals surface area contributed by atoms with E-state index >= 15 is 0 Å². The van der Waals surface area contributed by atoms with Crippen LogP contribution in [0.4, 0.5) is 0 Å². The van der Waals surface area contributed by atoms with E-state index < -0.39 is 0 Å². The topological polar surface area (TPSA) is 47.9 Å². The van der Waals surface area contributed by atoms with Gasteiger partial charge >= 0.3 is 0 Å². The molecule has 0 aliphatic heterocycles. The maximum atomic E-state index is 10.1. The summed E-state index contributed by atoms with van der Waals surface area (Å²) in [7, 11) is 3.13. The molecule has 0 saturated carbocycles. The molecule has 0 aliphatic carbocycles. The van der Waals surface area contributed by atoms with E-state index in [0.717, 1.165) is 11.1 Å². The summed E-state index contributed by atoms with van der Waals surface area (Å²) in [5, 5.41) is 0.485. The Kier molecular flexibility index (Phi) is 4.99. The smallest absolute Gasteiger partial charge is 0.235 e. The number of nitrogens with zero attached hydrogens (tertiary/aromatic N) is 1. The quantitative estimate of drug-likeness (QED) is 0.587. The zero-order chi connectivity index (χ0) is 12.0. The summed E-state index contributed by atoms with van der Waals surface area (Å²) in [6, 6.07) is 3.50. The van der Waals surface area contributed by atoms with Gasteiger partial charge in [0.25, 0.3) is 0 Å². The van der Waals surface area contributed by atoms with Crippen molar-refractivity contribution in [3.8, 4) is 5.75 Å². The van der Waals surface area contributed by atoms with Crippen LogP contribution in [0.2, 0.25) is 5.02 Å². The molecule has 0 heterocycles. The molecule has 5 heteroatoms. The zero-order valence-corrected chi connectivity index (χ0v) is 9.87. The average Bonchev–Trinajstić information content (AvgIpc) is 2.29. The van der Waals surface area contributed by atoms with Gasteiger partial charge < -0.3 is 9.47 Å². The number of carbonyl (C=O) groups excluding carboxylic acids is 1. The normalized spacial score (nSPS) is 9.69. The lowest BCUT2D eigenvalue weighted by molar-refractivity contribution is 0.184. The molecule has 0 atom stereocenters. The van der Waals surface area contributed by atoms with Crippen molar-refractivity contribution in [2.75, 3.05) is 14.2 Å². The molecule has 0 spiro atoms. The van der Waals surface area contributed by atoms with Gasteiger partial charge in [0, 0.05) is 7.11 Å². The third kappa shape index (κ3) is 3.07. The van der Waals surface area contributed by atoms with Gasteiger partial charge in [-0.05, 0) is 23.3 Å². The van der Waals surface area contributed by atoms with E-state index in [1.54, 1.807) is 26.4 Å². The van der Waals surface area contributed by atoms with Gasteiger partial charge in [0.15, 0.2) is 0 Å². The molecular weight excluding hydrogens is 230 g/mol. The highest BCUT2D eigenvalue weighted by Crippen LogP contribution is 2.28. The Bertz CT molecular complexity index is 414. The van der Waals surface area contributed by atoms with Crippen LogP contribution < -0.4 is 4.74 Å². The second kappa shape index (κ2) is 6.28. The number of methoxy groups -OCH3 is 2. The monoisotopic (exact) mass is 241 g/mol. The number of hydrogen-bond donors (Lipinski definition) is 0. The van der Waals surface area contributed by atoms with Gasteiger partial charge in [-0.2, -0.15) is 0 Å². The number of isocyanates is 1. The summed E-state index contributed by atoms with van der Waals surface area (Å²) in [5.41, 5.74) is 1.72. The first-order chi connectivity index (χ1) is 7.72. The molecule has 86 valence electrons. The summed E-state index contributed by atoms with van der Waals surface area (Å²) < 4.78 is 10.1. The molecule has 0 aliphatic rings. The van der Waals surface area contributed by atoms with Crippen LogP contribution in [0, 0.1) is 0 Å². The van der Waals surface area contributed by atoms with Crippen LogP contribution in [-0.4, -0.2) is 20.3 Å². The molecule has 0 N–H and O–H groups in total. The Labute approximate surface area is 98.8 Å². The predicted molar refractivity (Wildman–Crippen MR) is 60.5 cm³/mol. The minimum absolute atomic E-state index is 0.242. The maximum Gasteiger partial charge on any atom is 0.235 e. The number of benzene rings is 1. The highest BCUT2D eigenvalue weighted by atomic mass is 35.5. The minimum atomic E-state index is 0.242. The molecule has 0 saturated heterocycles. The van der Waals surface area contributed by atoms with Gasteiger partial charge in [-0.1, -0.05) is 11.6 Å². The molecule has 1 aromatic rings. The second-order valence-corrected chi connectivity index (χ2v) is 3.50. The van der Waals surface area contributed by atoms with Gasteiger partial charge in [0.1, 0.15) is 5.75 Å². The van der Waals surface area contributed by atoms with E-state index in [1.165, 1.54) is 6.08 Å². The summed E-state index contributed by atoms with van der Waals surface area (Å²) in [5.74, 6) is 0.576. The molecule has 0 aromatic heterocycles. The van der Waals surface area contributed by atoms with E-state index in [2.05, 4.69) is 4.99 Å². The summed E-state index contributed by atoms with van der Waals surface area (Å²) >= 11 is 5.97. The van der Waals surface area contributed by atoms with Crippen molar-refractivity contribution in [3.05, 3.63) is 28.3 Å². The Balaban J connectivity index is 3.12. The molecule has 4 nitrogen and oxygen atoms in total. The van der Waals surface area contributed by atoms with Crippen LogP contribution in [-0.2, 0) is 22.7 Å². The van der Waals surface area contributed by atoms with Crippen LogP contribution in [0.5, 0.6) is 5.75 Å². The van der Waals surface area contributed by atoms with Gasteiger partial charge in [-0.25, -0.2) is 9.79 Å². The lowest BCUT2D eigenvalue weighted by Gasteiger charge is -2.10. The fraction of sp³-hybridized carbons (Fsp3) is 0.364. The standard InChI is InChI=1S/C11H12ClNO3/c1-15-6-9-4-11(16-2)10(12)3-8(9)5-13-7-14/h3-4H,5-6H2,1-2H3. The number of ether oxygens (including phenoxy) is 2. The summed E-state index contributed by atoms with van der Waals surface area (Å²) in [4.78, 5) is 13.6. The first kappa shape index (κ1) is 12.7. The van der Waals surface area contributed by atoms with Crippen LogP contribution in [0.15, 0.2) is 17.1 Å². The third-order valence-electron chi connectivity index (χ3n) is 2.09. The van der Waals surface area contributed by atoms with Crippen LogP contribution in [0.25, 0.3) is 0 Å². The second-order valence-electron chi connectivity index (χ2n) is 3.10. The van der Waals surface area contributed by atoms with Crippen molar-refractivity contribution in [2.24, 2.45) is 4.99 Å². The number of halogens is 1. The Morgan fingerprint density at radius 3 is 2.69 bits per heavy atom. The predicted octanol–water partition coefficient (Wildman–Crippen LogP) is 2.33. The Hall–Kier alpha value is -1.35. The number of aliphatic imine (C=N–C) groups is 1. The molecule has 0 unspecified atom stereocenters. The Morgan fingerprint density at radius 1 is 1.38 bits per heavy atom. The minimum Gasteiger partial charge on any atom is -0.495 e. The van der Waals surface area contributed by atoms with Crippen molar-refractivity contribution in [1.29, 1.82) is 0 Å². The van der Waals surface area contributed by atoms with E-state index in [1.807, 2.05) is 0 Å². The van der Waals surface area contributed by atoms with E-state index in [0.29, 0.717) is 17.4 Å². The average molecular weight is 242 g/mol. The van der Waals surface area contributed by atoms with Crippen molar-refractivity contribution in [1.82, 2.24) is 0 Å². The lowest BCUT2D eigenvalue weighted by Crippen LogP contribution is -1.97. The Morgan fingerprint density at radius 2 is 2.12 bits per heavy atom. The van der Waals surface area contributed by atoms with E-state index in [-0.39, 0.29) is 6.54 Å². The van der Waals surface area contributed by atoms with Crippen molar-refractivity contribution in [3.63, 3.8) is 0 Å². The molecule has 0 amide bonds. The highest BCUT2D eigenvalue weighted by molar-refractivity contribution is 6.32. The molecule has 1 aromatic carbocycles. The zero-order valence-electron chi connectivity index (χ0n) is 9.12. The van der Waals surface area contributed by atoms with E-state index in [4.69, 9.17) is 21.1 Å². The lowest BCUT2D eigenvalue weighted by atomic mass is 10.1. The SMILES string of the molecule is COCc1cc(OC)c(Cl)cc1CN=C=O. The summed E-state index contributed by atoms with van der Waals surface area (Å²) in [6.07, 6.45) is 1.49. The van der Waals surface area contributed by atoms with Gasteiger partial charge in [-0.15, -0.1) is 0 Å². The first-order valence-electron chi connectivity index (χ1n) is 4.60. The van der Waals surface area contributed by atoms with Crippen molar-refractivity contribution < 1.29 is 14.3 Å². The van der Waals surface area contributed by atoms with Gasteiger partial charge in [0.2, 0.25) is 6.08 Å². The van der Waals surface area contributed by atoms with Gasteiger partial charge in [0.05, 0.1) is 25.3 Å². The third-order valence-corrected chi connectivity index (χ3v) is 2.38. The molecule has 0 radical (unpaired) electrons. The number of hydrogen-bond acceptors (Lipinski definition) is 4. The van der Waals surface area contributed by atoms with Gasteiger partial charge in [-0.3, -0.25) is 0 Å². The fourth-order valence-corrected chi connectivity index (χ4v) is 1.61.